The summed E-state index contributed by atoms with van der Waals surface area (Å²) in [5.74, 6) is 1.44. The highest BCUT2D eigenvalue weighted by molar-refractivity contribution is 7.99. The van der Waals surface area contributed by atoms with Gasteiger partial charge < -0.3 is 14.8 Å². The Morgan fingerprint density at radius 2 is 1.71 bits per heavy atom. The van der Waals surface area contributed by atoms with Crippen molar-refractivity contribution in [1.82, 2.24) is 5.32 Å². The van der Waals surface area contributed by atoms with Crippen LogP contribution >= 0.6 is 11.8 Å². The molecule has 0 aromatic heterocycles. The molecule has 1 N–H and O–H groups in total. The van der Waals surface area contributed by atoms with Crippen LogP contribution in [0.2, 0.25) is 0 Å². The van der Waals surface area contributed by atoms with Gasteiger partial charge in [-0.25, -0.2) is 4.79 Å². The number of benzene rings is 2. The molecule has 7 nitrogen and oxygen atoms in total. The van der Waals surface area contributed by atoms with Crippen molar-refractivity contribution in [3.05, 3.63) is 77.2 Å². The summed E-state index contributed by atoms with van der Waals surface area (Å²) < 4.78 is 40.4. The first-order valence-electron chi connectivity index (χ1n) is 11.3. The van der Waals surface area contributed by atoms with E-state index in [0.29, 0.717) is 5.75 Å². The summed E-state index contributed by atoms with van der Waals surface area (Å²) in [7, 11) is -2.29. The molecule has 0 saturated carbocycles. The Hall–Kier alpha value is -2.49. The van der Waals surface area contributed by atoms with E-state index in [0.717, 1.165) is 22.3 Å². The molecule has 0 radical (unpaired) electrons. The third kappa shape index (κ3) is 11.7. The topological polar surface area (TPSA) is 90.9 Å². The van der Waals surface area contributed by atoms with E-state index in [2.05, 4.69) is 5.32 Å². The van der Waals surface area contributed by atoms with Gasteiger partial charge in [0.05, 0.1) is 25.2 Å². The first-order chi connectivity index (χ1) is 16.5. The largest absolute Gasteiger partial charge is 0.497 e. The van der Waals surface area contributed by atoms with Crippen LogP contribution in [0.1, 0.15) is 38.8 Å². The lowest BCUT2D eigenvalue weighted by Crippen LogP contribution is -2.40. The lowest BCUT2D eigenvalue weighted by atomic mass is 9.99. The van der Waals surface area contributed by atoms with Crippen LogP contribution in [0.15, 0.2) is 66.1 Å². The van der Waals surface area contributed by atoms with Gasteiger partial charge in [-0.05, 0) is 34.8 Å². The lowest BCUT2D eigenvalue weighted by molar-refractivity contribution is 0.137. The molecule has 2 aromatic carbocycles. The Morgan fingerprint density at radius 3 is 2.31 bits per heavy atom. The average Bonchev–Trinajstić information content (AvgIpc) is 2.83. The Bertz CT molecular complexity index is 1050. The van der Waals surface area contributed by atoms with Gasteiger partial charge in [-0.15, -0.1) is 0 Å². The number of hydrogen-bond donors (Lipinski definition) is 1. The average molecular weight is 522 g/mol. The summed E-state index contributed by atoms with van der Waals surface area (Å²) in [6.07, 6.45) is 0.807. The first kappa shape index (κ1) is 28.7. The maximum Gasteiger partial charge on any atom is 0.407 e. The van der Waals surface area contributed by atoms with E-state index >= 15 is 0 Å². The zero-order chi connectivity index (χ0) is 25.9. The van der Waals surface area contributed by atoms with Crippen LogP contribution in [-0.4, -0.2) is 39.5 Å². The number of carbonyl (C=O) groups excluding carboxylic acids is 1. The van der Waals surface area contributed by atoms with Crippen molar-refractivity contribution in [2.45, 2.75) is 51.3 Å². The molecule has 0 aliphatic rings. The molecule has 192 valence electrons. The Morgan fingerprint density at radius 1 is 1.06 bits per heavy atom. The number of carbonyl (C=O) groups is 1. The number of thioether (sulfide) groups is 1. The molecule has 0 saturated heterocycles. The second-order valence-corrected chi connectivity index (χ2v) is 12.1. The van der Waals surface area contributed by atoms with Crippen molar-refractivity contribution in [2.75, 3.05) is 13.7 Å². The van der Waals surface area contributed by atoms with E-state index in [1.807, 2.05) is 82.3 Å². The molecule has 2 unspecified atom stereocenters. The van der Waals surface area contributed by atoms with E-state index in [-0.39, 0.29) is 23.9 Å². The second kappa shape index (κ2) is 13.6. The Labute approximate surface area is 213 Å². The van der Waals surface area contributed by atoms with Crippen molar-refractivity contribution >= 4 is 28.0 Å². The van der Waals surface area contributed by atoms with Gasteiger partial charge in [-0.2, -0.15) is 20.2 Å². The van der Waals surface area contributed by atoms with Crippen molar-refractivity contribution < 1.29 is 26.9 Å². The molecule has 1 amide bonds. The quantitative estimate of drug-likeness (QED) is 0.368. The minimum Gasteiger partial charge on any atom is -0.497 e. The summed E-state index contributed by atoms with van der Waals surface area (Å²) >= 11 is 1.58. The molecule has 0 fully saturated rings. The van der Waals surface area contributed by atoms with Gasteiger partial charge in [0, 0.05) is 11.0 Å². The van der Waals surface area contributed by atoms with E-state index in [1.165, 1.54) is 6.08 Å². The summed E-state index contributed by atoms with van der Waals surface area (Å²) in [5.41, 5.74) is 1.63. The molecule has 0 bridgehead atoms. The molecule has 0 heterocycles. The van der Waals surface area contributed by atoms with Gasteiger partial charge in [0.15, 0.2) is 0 Å². The van der Waals surface area contributed by atoms with Crippen LogP contribution in [0.25, 0.3) is 0 Å². The number of nitrogens with one attached hydrogen (secondary N) is 1. The number of methoxy groups -OCH3 is 1. The summed E-state index contributed by atoms with van der Waals surface area (Å²) in [6.45, 7) is 7.75. The highest BCUT2D eigenvalue weighted by atomic mass is 32.2. The number of amides is 1. The summed E-state index contributed by atoms with van der Waals surface area (Å²) in [4.78, 5) is 12.5. The fourth-order valence-electron chi connectivity index (χ4n) is 2.75. The minimum absolute atomic E-state index is 0.0542. The number of ether oxygens (including phenoxy) is 2. The van der Waals surface area contributed by atoms with Gasteiger partial charge in [-0.1, -0.05) is 70.2 Å². The van der Waals surface area contributed by atoms with E-state index in [9.17, 15) is 13.2 Å². The second-order valence-electron chi connectivity index (χ2n) is 9.24. The van der Waals surface area contributed by atoms with Crippen LogP contribution < -0.4 is 10.1 Å². The first-order valence-corrected chi connectivity index (χ1v) is 13.8. The fraction of sp³-hybridized carbons (Fsp3) is 0.423. The van der Waals surface area contributed by atoms with Crippen LogP contribution in [0.5, 0.6) is 5.75 Å². The summed E-state index contributed by atoms with van der Waals surface area (Å²) in [6, 6.07) is 16.4. The van der Waals surface area contributed by atoms with Crippen molar-refractivity contribution in [1.29, 1.82) is 0 Å². The lowest BCUT2D eigenvalue weighted by Gasteiger charge is -2.22. The molecule has 0 aliphatic heterocycles. The number of hydrogen-bond acceptors (Lipinski definition) is 7. The number of alkyl carbamates (subject to hydrolysis) is 1. The normalized spacial score (nSPS) is 13.9. The van der Waals surface area contributed by atoms with Crippen molar-refractivity contribution in [2.24, 2.45) is 5.41 Å². The van der Waals surface area contributed by atoms with Crippen molar-refractivity contribution in [3.63, 3.8) is 0 Å². The van der Waals surface area contributed by atoms with Crippen LogP contribution in [0.3, 0.4) is 0 Å². The van der Waals surface area contributed by atoms with E-state index in [4.69, 9.17) is 13.7 Å². The van der Waals surface area contributed by atoms with Gasteiger partial charge in [0.25, 0.3) is 10.1 Å². The third-order valence-electron chi connectivity index (χ3n) is 4.78. The minimum atomic E-state index is -3.91. The highest BCUT2D eigenvalue weighted by Crippen LogP contribution is 2.23. The Kier molecular flexibility index (Phi) is 11.1. The maximum absolute atomic E-state index is 12.5. The molecule has 0 aliphatic carbocycles. The molecule has 35 heavy (non-hydrogen) atoms. The molecule has 0 spiro atoms. The Balaban J connectivity index is 2.06. The molecule has 2 atom stereocenters. The van der Waals surface area contributed by atoms with Crippen LogP contribution in [-0.2, 0) is 31.4 Å². The van der Waals surface area contributed by atoms with E-state index in [1.54, 1.807) is 18.9 Å². The summed E-state index contributed by atoms with van der Waals surface area (Å²) in [5, 5.41) is 3.63. The van der Waals surface area contributed by atoms with Crippen LogP contribution in [0.4, 0.5) is 4.79 Å². The third-order valence-corrected chi connectivity index (χ3v) is 7.04. The van der Waals surface area contributed by atoms with Crippen molar-refractivity contribution in [3.8, 4) is 5.75 Å². The molecular formula is C26H35NO6S2. The standard InChI is InChI=1S/C26H35NO6S2/c1-20(34-18-22-11-13-23(31-5)14-12-22)24(15-16-35(29,30)33-19-26(2,3)4)27-25(28)32-17-21-9-7-6-8-10-21/h6-16,20,24H,17-19H2,1-5H3,(H,27,28). The molecule has 2 aromatic rings. The predicted molar refractivity (Wildman–Crippen MR) is 141 cm³/mol. The fourth-order valence-corrected chi connectivity index (χ4v) is 4.73. The zero-order valence-corrected chi connectivity index (χ0v) is 22.5. The van der Waals surface area contributed by atoms with Gasteiger partial charge in [0.2, 0.25) is 0 Å². The monoisotopic (exact) mass is 521 g/mol. The van der Waals surface area contributed by atoms with Crippen LogP contribution in [0, 0.1) is 5.41 Å². The smallest absolute Gasteiger partial charge is 0.407 e. The number of rotatable bonds is 12. The highest BCUT2D eigenvalue weighted by Gasteiger charge is 2.21. The molecule has 2 rings (SSSR count). The molecular weight excluding hydrogens is 486 g/mol. The molecule has 9 heteroatoms. The maximum atomic E-state index is 12.5. The van der Waals surface area contributed by atoms with Gasteiger partial charge >= 0.3 is 6.09 Å². The van der Waals surface area contributed by atoms with E-state index < -0.39 is 22.3 Å². The predicted octanol–water partition coefficient (Wildman–Crippen LogP) is 5.52. The SMILES string of the molecule is COc1ccc(CSC(C)C(C=CS(=O)(=O)OCC(C)(C)C)NC(=O)OCc2ccccc2)cc1. The zero-order valence-electron chi connectivity index (χ0n) is 20.9. The van der Waals surface area contributed by atoms with Gasteiger partial charge in [-0.3, -0.25) is 4.18 Å². The van der Waals surface area contributed by atoms with Gasteiger partial charge in [0.1, 0.15) is 12.4 Å².